The van der Waals surface area contributed by atoms with Crippen LogP contribution >= 0.6 is 0 Å². The molecule has 4 atom stereocenters. The van der Waals surface area contributed by atoms with Crippen LogP contribution in [0.2, 0.25) is 0 Å². The first-order chi connectivity index (χ1) is 15.6. The van der Waals surface area contributed by atoms with E-state index in [0.717, 1.165) is 6.42 Å². The number of hydrogen-bond acceptors (Lipinski definition) is 7. The van der Waals surface area contributed by atoms with Crippen molar-refractivity contribution < 1.29 is 24.3 Å². The van der Waals surface area contributed by atoms with Crippen LogP contribution in [-0.4, -0.2) is 83.5 Å². The Kier molecular flexibility index (Phi) is 12.1. The summed E-state index contributed by atoms with van der Waals surface area (Å²) in [5.74, 6) is -2.69. The van der Waals surface area contributed by atoms with E-state index in [9.17, 15) is 19.2 Å². The second kappa shape index (κ2) is 14.3. The molecule has 0 aliphatic carbocycles. The Morgan fingerprint density at radius 1 is 1.12 bits per heavy atom. The van der Waals surface area contributed by atoms with Gasteiger partial charge in [-0.2, -0.15) is 0 Å². The molecule has 4 unspecified atom stereocenters. The van der Waals surface area contributed by atoms with Crippen LogP contribution in [0.15, 0.2) is 4.99 Å². The van der Waals surface area contributed by atoms with Crippen molar-refractivity contribution in [2.24, 2.45) is 27.9 Å². The van der Waals surface area contributed by atoms with Gasteiger partial charge in [0, 0.05) is 13.1 Å². The topological polar surface area (TPSA) is 232 Å². The van der Waals surface area contributed by atoms with Gasteiger partial charge in [-0.1, -0.05) is 6.42 Å². The smallest absolute Gasteiger partial charge is 0.325 e. The average molecular weight is 471 g/mol. The summed E-state index contributed by atoms with van der Waals surface area (Å²) in [6.45, 7) is 2.44. The molecule has 0 spiro atoms. The first-order valence-corrected chi connectivity index (χ1v) is 11.2. The number of carboxylic acid groups (broad SMARTS) is 1. The predicted molar refractivity (Wildman–Crippen MR) is 123 cm³/mol. The van der Waals surface area contributed by atoms with Crippen molar-refractivity contribution >= 4 is 29.7 Å². The lowest BCUT2D eigenvalue weighted by Crippen LogP contribution is -2.56. The van der Waals surface area contributed by atoms with Gasteiger partial charge in [0.05, 0.1) is 6.04 Å². The fourth-order valence-corrected chi connectivity index (χ4v) is 3.55. The van der Waals surface area contributed by atoms with E-state index in [1.165, 1.54) is 11.8 Å². The molecule has 188 valence electrons. The molecule has 0 radical (unpaired) electrons. The third kappa shape index (κ3) is 9.61. The number of nitrogens with zero attached hydrogens (tertiary/aromatic N) is 2. The van der Waals surface area contributed by atoms with E-state index in [-0.39, 0.29) is 18.9 Å². The molecule has 1 fully saturated rings. The fourth-order valence-electron chi connectivity index (χ4n) is 3.55. The largest absolute Gasteiger partial charge is 0.480 e. The Bertz CT molecular complexity index is 713. The van der Waals surface area contributed by atoms with E-state index in [4.69, 9.17) is 28.0 Å². The highest BCUT2D eigenvalue weighted by Gasteiger charge is 2.38. The van der Waals surface area contributed by atoms with Crippen LogP contribution in [0.4, 0.5) is 0 Å². The van der Waals surface area contributed by atoms with E-state index < -0.39 is 47.9 Å². The molecule has 0 aromatic carbocycles. The Morgan fingerprint density at radius 2 is 1.82 bits per heavy atom. The normalized spacial score (nSPS) is 18.2. The van der Waals surface area contributed by atoms with Gasteiger partial charge in [0.2, 0.25) is 17.7 Å². The molecule has 13 nitrogen and oxygen atoms in total. The van der Waals surface area contributed by atoms with E-state index in [0.29, 0.717) is 45.2 Å². The average Bonchev–Trinajstić information content (AvgIpc) is 3.25. The summed E-state index contributed by atoms with van der Waals surface area (Å²) in [7, 11) is 0. The second-order valence-corrected chi connectivity index (χ2v) is 8.16. The Hall–Kier alpha value is -2.93. The maximum Gasteiger partial charge on any atom is 0.325 e. The minimum Gasteiger partial charge on any atom is -0.480 e. The Morgan fingerprint density at radius 3 is 2.42 bits per heavy atom. The number of aliphatic carboxylic acids is 1. The lowest BCUT2D eigenvalue weighted by molar-refractivity contribution is -0.144. The number of likely N-dealkylation sites (tertiary alicyclic amines) is 1. The molecule has 11 N–H and O–H groups in total. The van der Waals surface area contributed by atoms with E-state index in [2.05, 4.69) is 15.6 Å². The summed E-state index contributed by atoms with van der Waals surface area (Å²) in [5, 5.41) is 14.1. The standard InChI is InChI=1S/C20H38N8O5/c1-12(19(32)33)26-17(30)15-8-5-11-28(15)18(31)14(7-4-10-25-20(23)24)27-16(29)13(22)6-2-3-9-21/h12-15H,2-11,21-22H2,1H3,(H,26,30)(H,27,29)(H,32,33)(H4,23,24,25). The summed E-state index contributed by atoms with van der Waals surface area (Å²) in [6.07, 6.45) is 3.49. The minimum atomic E-state index is -1.17. The number of carboxylic acids is 1. The van der Waals surface area contributed by atoms with Crippen molar-refractivity contribution in [1.29, 1.82) is 0 Å². The molecular weight excluding hydrogens is 432 g/mol. The molecule has 1 rings (SSSR count). The molecule has 0 bridgehead atoms. The maximum absolute atomic E-state index is 13.3. The number of nitrogens with two attached hydrogens (primary N) is 4. The molecule has 1 aliphatic heterocycles. The van der Waals surface area contributed by atoms with Crippen molar-refractivity contribution in [1.82, 2.24) is 15.5 Å². The molecule has 33 heavy (non-hydrogen) atoms. The highest BCUT2D eigenvalue weighted by molar-refractivity contribution is 5.94. The predicted octanol–water partition coefficient (Wildman–Crippen LogP) is -2.44. The van der Waals surface area contributed by atoms with Crippen LogP contribution in [-0.2, 0) is 19.2 Å². The van der Waals surface area contributed by atoms with Gasteiger partial charge in [-0.3, -0.25) is 24.2 Å². The maximum atomic E-state index is 13.3. The van der Waals surface area contributed by atoms with Crippen molar-refractivity contribution in [3.63, 3.8) is 0 Å². The van der Waals surface area contributed by atoms with Crippen molar-refractivity contribution in [2.75, 3.05) is 19.6 Å². The number of nitrogens with one attached hydrogen (secondary N) is 2. The minimum absolute atomic E-state index is 0.0762. The third-order valence-corrected chi connectivity index (χ3v) is 5.43. The summed E-state index contributed by atoms with van der Waals surface area (Å²) >= 11 is 0. The van der Waals surface area contributed by atoms with Gasteiger partial charge in [-0.25, -0.2) is 0 Å². The SMILES string of the molecule is CC(NC(=O)C1CCCN1C(=O)C(CCCN=C(N)N)NC(=O)C(N)CCCCN)C(=O)O. The number of aliphatic imine (C=N–C) groups is 1. The number of hydrogen-bond donors (Lipinski definition) is 7. The Balaban J connectivity index is 2.89. The molecule has 0 saturated carbocycles. The number of carbonyl (C=O) groups is 4. The third-order valence-electron chi connectivity index (χ3n) is 5.43. The van der Waals surface area contributed by atoms with E-state index in [1.807, 2.05) is 0 Å². The van der Waals surface area contributed by atoms with E-state index >= 15 is 0 Å². The van der Waals surface area contributed by atoms with Gasteiger partial charge in [0.25, 0.3) is 0 Å². The molecule has 0 aromatic rings. The summed E-state index contributed by atoms with van der Waals surface area (Å²) in [5.41, 5.74) is 22.1. The number of amides is 3. The molecule has 1 heterocycles. The van der Waals surface area contributed by atoms with E-state index in [1.54, 1.807) is 0 Å². The Labute approximate surface area is 193 Å². The number of carbonyl (C=O) groups excluding carboxylic acids is 3. The molecule has 3 amide bonds. The fraction of sp³-hybridized carbons (Fsp3) is 0.750. The molecule has 0 aromatic heterocycles. The van der Waals surface area contributed by atoms with Gasteiger partial charge in [0.15, 0.2) is 5.96 Å². The molecule has 13 heteroatoms. The molecule has 1 saturated heterocycles. The van der Waals surface area contributed by atoms with Gasteiger partial charge >= 0.3 is 5.97 Å². The lowest BCUT2D eigenvalue weighted by Gasteiger charge is -2.29. The highest BCUT2D eigenvalue weighted by atomic mass is 16.4. The van der Waals surface area contributed by atoms with Gasteiger partial charge in [0.1, 0.15) is 18.1 Å². The number of unbranched alkanes of at least 4 members (excludes halogenated alkanes) is 1. The van der Waals surface area contributed by atoms with Crippen LogP contribution < -0.4 is 33.6 Å². The van der Waals surface area contributed by atoms with Crippen molar-refractivity contribution in [2.45, 2.75) is 76.0 Å². The van der Waals surface area contributed by atoms with Gasteiger partial charge in [-0.05, 0) is 52.0 Å². The first kappa shape index (κ1) is 28.1. The number of guanidine groups is 1. The summed E-state index contributed by atoms with van der Waals surface area (Å²) < 4.78 is 0. The van der Waals surface area contributed by atoms with Crippen LogP contribution in [0.3, 0.4) is 0 Å². The zero-order valence-electron chi connectivity index (χ0n) is 19.2. The monoisotopic (exact) mass is 470 g/mol. The molecular formula is C20H38N8O5. The zero-order valence-corrected chi connectivity index (χ0v) is 19.2. The van der Waals surface area contributed by atoms with Crippen LogP contribution in [0.1, 0.15) is 51.9 Å². The quantitative estimate of drug-likeness (QED) is 0.0810. The number of rotatable bonds is 14. The van der Waals surface area contributed by atoms with Crippen molar-refractivity contribution in [3.8, 4) is 0 Å². The van der Waals surface area contributed by atoms with Crippen molar-refractivity contribution in [3.05, 3.63) is 0 Å². The van der Waals surface area contributed by atoms with Gasteiger partial charge in [-0.15, -0.1) is 0 Å². The highest BCUT2D eigenvalue weighted by Crippen LogP contribution is 2.20. The molecule has 1 aliphatic rings. The lowest BCUT2D eigenvalue weighted by atomic mass is 10.1. The zero-order chi connectivity index (χ0) is 25.0. The summed E-state index contributed by atoms with van der Waals surface area (Å²) in [6, 6.07) is -3.61. The van der Waals surface area contributed by atoms with Gasteiger partial charge < -0.3 is 43.6 Å². The van der Waals surface area contributed by atoms with Crippen LogP contribution in [0.5, 0.6) is 0 Å². The summed E-state index contributed by atoms with van der Waals surface area (Å²) in [4.78, 5) is 54.8. The first-order valence-electron chi connectivity index (χ1n) is 11.2. The van der Waals surface area contributed by atoms with Crippen LogP contribution in [0, 0.1) is 0 Å². The second-order valence-electron chi connectivity index (χ2n) is 8.16. The van der Waals surface area contributed by atoms with Crippen LogP contribution in [0.25, 0.3) is 0 Å².